The fourth-order valence-electron chi connectivity index (χ4n) is 3.93. The summed E-state index contributed by atoms with van der Waals surface area (Å²) in [6.45, 7) is 2.94. The quantitative estimate of drug-likeness (QED) is 0.884. The summed E-state index contributed by atoms with van der Waals surface area (Å²) in [5, 5.41) is 2.92. The van der Waals surface area contributed by atoms with Gasteiger partial charge in [0.05, 0.1) is 5.54 Å². The average molecular weight is 343 g/mol. The molecule has 3 rings (SSSR count). The zero-order valence-corrected chi connectivity index (χ0v) is 15.1. The maximum absolute atomic E-state index is 12.7. The fraction of sp³-hybridized carbons (Fsp3) is 0.600. The van der Waals surface area contributed by atoms with Gasteiger partial charge in [0.1, 0.15) is 0 Å². The minimum Gasteiger partial charge on any atom is -0.336 e. The monoisotopic (exact) mass is 343 g/mol. The third-order valence-electron chi connectivity index (χ3n) is 5.65. The molecule has 2 amide bonds. The predicted octanol–water partition coefficient (Wildman–Crippen LogP) is 3.30. The molecule has 136 valence electrons. The molecule has 1 aliphatic carbocycles. The average Bonchev–Trinajstić information content (AvgIpc) is 2.63. The van der Waals surface area contributed by atoms with E-state index in [1.165, 1.54) is 6.42 Å². The Morgan fingerprint density at radius 1 is 1.08 bits per heavy atom. The van der Waals surface area contributed by atoms with Crippen LogP contribution in [0.2, 0.25) is 0 Å². The Hall–Kier alpha value is -1.88. The first-order valence-electron chi connectivity index (χ1n) is 9.51. The van der Waals surface area contributed by atoms with Crippen molar-refractivity contribution < 1.29 is 9.59 Å². The topological polar surface area (TPSA) is 75.4 Å². The second-order valence-corrected chi connectivity index (χ2v) is 7.59. The van der Waals surface area contributed by atoms with E-state index in [1.54, 1.807) is 24.3 Å². The number of hydrogen-bond donors (Lipinski definition) is 2. The van der Waals surface area contributed by atoms with Crippen LogP contribution in [0.4, 0.5) is 5.69 Å². The van der Waals surface area contributed by atoms with Crippen molar-refractivity contribution in [2.45, 2.75) is 69.9 Å². The van der Waals surface area contributed by atoms with Gasteiger partial charge in [-0.3, -0.25) is 9.59 Å². The Balaban J connectivity index is 1.63. The van der Waals surface area contributed by atoms with Crippen molar-refractivity contribution in [1.82, 2.24) is 4.90 Å². The number of piperidine rings is 1. The number of hydrogen-bond acceptors (Lipinski definition) is 3. The molecule has 2 fully saturated rings. The van der Waals surface area contributed by atoms with Crippen molar-refractivity contribution in [3.05, 3.63) is 29.8 Å². The normalized spacial score (nSPS) is 23.1. The second-order valence-electron chi connectivity index (χ2n) is 7.59. The first kappa shape index (κ1) is 17.9. The number of nitrogens with one attached hydrogen (secondary N) is 1. The Labute approximate surface area is 150 Å². The van der Waals surface area contributed by atoms with E-state index < -0.39 is 5.54 Å². The van der Waals surface area contributed by atoms with Crippen LogP contribution in [0.25, 0.3) is 0 Å². The van der Waals surface area contributed by atoms with E-state index in [0.717, 1.165) is 51.5 Å². The lowest BCUT2D eigenvalue weighted by Gasteiger charge is -2.33. The zero-order valence-electron chi connectivity index (χ0n) is 15.1. The molecule has 1 heterocycles. The molecule has 1 aromatic rings. The summed E-state index contributed by atoms with van der Waals surface area (Å²) < 4.78 is 0. The number of nitrogens with two attached hydrogens (primary N) is 1. The Bertz CT molecular complexity index is 620. The van der Waals surface area contributed by atoms with Gasteiger partial charge in [0.2, 0.25) is 5.91 Å². The molecule has 1 unspecified atom stereocenters. The fourth-order valence-corrected chi connectivity index (χ4v) is 3.93. The number of nitrogens with zero attached hydrogens (tertiary/aromatic N) is 1. The van der Waals surface area contributed by atoms with Gasteiger partial charge in [0.25, 0.3) is 5.91 Å². The minimum atomic E-state index is -0.754. The molecule has 1 aromatic carbocycles. The molecule has 0 spiro atoms. The van der Waals surface area contributed by atoms with E-state index in [2.05, 4.69) is 12.2 Å². The van der Waals surface area contributed by atoms with Crippen LogP contribution in [0.3, 0.4) is 0 Å². The summed E-state index contributed by atoms with van der Waals surface area (Å²) in [5.41, 5.74) is 6.89. The molecule has 0 radical (unpaired) electrons. The highest BCUT2D eigenvalue weighted by Crippen LogP contribution is 2.27. The number of anilines is 1. The first-order valence-corrected chi connectivity index (χ1v) is 9.51. The summed E-state index contributed by atoms with van der Waals surface area (Å²) in [7, 11) is 0. The largest absolute Gasteiger partial charge is 0.336 e. The number of amides is 2. The first-order chi connectivity index (χ1) is 12.0. The van der Waals surface area contributed by atoms with Crippen LogP contribution in [0.1, 0.15) is 68.6 Å². The molecule has 0 aromatic heterocycles. The Kier molecular flexibility index (Phi) is 5.42. The van der Waals surface area contributed by atoms with Gasteiger partial charge in [-0.15, -0.1) is 0 Å². The highest BCUT2D eigenvalue weighted by Gasteiger charge is 2.35. The maximum Gasteiger partial charge on any atom is 0.254 e. The summed E-state index contributed by atoms with van der Waals surface area (Å²) in [6, 6.07) is 7.48. The molecule has 3 N–H and O–H groups in total. The van der Waals surface area contributed by atoms with Crippen molar-refractivity contribution in [2.75, 3.05) is 11.9 Å². The Morgan fingerprint density at radius 3 is 2.40 bits per heavy atom. The van der Waals surface area contributed by atoms with Crippen LogP contribution in [0.5, 0.6) is 0 Å². The standard InChI is InChI=1S/C20H29N3O2/c1-15-7-3-6-14-23(15)18(24)16-8-10-17(11-9-16)22-19(25)20(21)12-4-2-5-13-20/h8-11,15H,2-7,12-14,21H2,1H3,(H,22,25). The molecular weight excluding hydrogens is 314 g/mol. The SMILES string of the molecule is CC1CCCCN1C(=O)c1ccc(NC(=O)C2(N)CCCCC2)cc1. The summed E-state index contributed by atoms with van der Waals surface area (Å²) >= 11 is 0. The third-order valence-corrected chi connectivity index (χ3v) is 5.65. The molecule has 5 nitrogen and oxygen atoms in total. The lowest BCUT2D eigenvalue weighted by atomic mass is 9.82. The molecule has 1 saturated heterocycles. The van der Waals surface area contributed by atoms with Crippen LogP contribution < -0.4 is 11.1 Å². The highest BCUT2D eigenvalue weighted by atomic mass is 16.2. The van der Waals surface area contributed by atoms with Crippen molar-refractivity contribution in [1.29, 1.82) is 0 Å². The van der Waals surface area contributed by atoms with Gasteiger partial charge in [0.15, 0.2) is 0 Å². The molecular formula is C20H29N3O2. The maximum atomic E-state index is 12.7. The van der Waals surface area contributed by atoms with Crippen molar-refractivity contribution >= 4 is 17.5 Å². The number of carbonyl (C=O) groups excluding carboxylic acids is 2. The molecule has 1 saturated carbocycles. The van der Waals surface area contributed by atoms with Gasteiger partial charge in [-0.25, -0.2) is 0 Å². The van der Waals surface area contributed by atoms with Crippen LogP contribution in [-0.4, -0.2) is 34.8 Å². The zero-order chi connectivity index (χ0) is 17.9. The number of benzene rings is 1. The van der Waals surface area contributed by atoms with Gasteiger partial charge >= 0.3 is 0 Å². The van der Waals surface area contributed by atoms with Crippen molar-refractivity contribution in [3.8, 4) is 0 Å². The Morgan fingerprint density at radius 2 is 1.76 bits per heavy atom. The van der Waals surface area contributed by atoms with Gasteiger partial charge in [-0.05, 0) is 63.3 Å². The molecule has 25 heavy (non-hydrogen) atoms. The van der Waals surface area contributed by atoms with Crippen LogP contribution in [0.15, 0.2) is 24.3 Å². The van der Waals surface area contributed by atoms with Crippen LogP contribution in [-0.2, 0) is 4.79 Å². The van der Waals surface area contributed by atoms with E-state index >= 15 is 0 Å². The number of likely N-dealkylation sites (tertiary alicyclic amines) is 1. The van der Waals surface area contributed by atoms with Gasteiger partial charge in [-0.1, -0.05) is 19.3 Å². The summed E-state index contributed by atoms with van der Waals surface area (Å²) in [4.78, 5) is 27.1. The van der Waals surface area contributed by atoms with Crippen molar-refractivity contribution in [2.24, 2.45) is 5.73 Å². The van der Waals surface area contributed by atoms with Crippen LogP contribution >= 0.6 is 0 Å². The van der Waals surface area contributed by atoms with Gasteiger partial charge in [0, 0.05) is 23.8 Å². The number of carbonyl (C=O) groups is 2. The molecule has 0 bridgehead atoms. The second kappa shape index (κ2) is 7.56. The van der Waals surface area contributed by atoms with Gasteiger partial charge < -0.3 is 16.0 Å². The van der Waals surface area contributed by atoms with Crippen molar-refractivity contribution in [3.63, 3.8) is 0 Å². The summed E-state index contributed by atoms with van der Waals surface area (Å²) in [6.07, 6.45) is 7.97. The summed E-state index contributed by atoms with van der Waals surface area (Å²) in [5.74, 6) is -0.0384. The lowest BCUT2D eigenvalue weighted by molar-refractivity contribution is -0.122. The third kappa shape index (κ3) is 4.03. The van der Waals surface area contributed by atoms with E-state index in [0.29, 0.717) is 17.3 Å². The smallest absolute Gasteiger partial charge is 0.254 e. The van der Waals surface area contributed by atoms with E-state index in [1.807, 2.05) is 4.90 Å². The van der Waals surface area contributed by atoms with Gasteiger partial charge in [-0.2, -0.15) is 0 Å². The molecule has 5 heteroatoms. The van der Waals surface area contributed by atoms with E-state index in [9.17, 15) is 9.59 Å². The van der Waals surface area contributed by atoms with E-state index in [4.69, 9.17) is 5.73 Å². The van der Waals surface area contributed by atoms with Crippen LogP contribution in [0, 0.1) is 0 Å². The molecule has 1 atom stereocenters. The number of rotatable bonds is 3. The lowest BCUT2D eigenvalue weighted by Crippen LogP contribution is -2.52. The molecule has 2 aliphatic rings. The highest BCUT2D eigenvalue weighted by molar-refractivity contribution is 5.99. The molecule has 1 aliphatic heterocycles. The minimum absolute atomic E-state index is 0.0765. The van der Waals surface area contributed by atoms with E-state index in [-0.39, 0.29) is 11.8 Å². The predicted molar refractivity (Wildman–Crippen MR) is 99.4 cm³/mol.